The quantitative estimate of drug-likeness (QED) is 0.617. The summed E-state index contributed by atoms with van der Waals surface area (Å²) in [6, 6.07) is 14.5. The Labute approximate surface area is 164 Å². The molecule has 1 heterocycles. The van der Waals surface area contributed by atoms with E-state index in [1.165, 1.54) is 42.5 Å². The zero-order chi connectivity index (χ0) is 18.9. The van der Waals surface area contributed by atoms with Crippen molar-refractivity contribution in [2.75, 3.05) is 4.83 Å². The highest BCUT2D eigenvalue weighted by Gasteiger charge is 2.29. The van der Waals surface area contributed by atoms with Crippen LogP contribution in [0.3, 0.4) is 0 Å². The molecular weight excluding hydrogens is 424 g/mol. The number of nitrogens with one attached hydrogen (secondary N) is 1. The number of halogens is 4. The second-order valence-corrected chi connectivity index (χ2v) is 9.18. The van der Waals surface area contributed by atoms with E-state index in [2.05, 4.69) is 9.93 Å². The second-order valence-electron chi connectivity index (χ2n) is 5.24. The topological polar surface area (TPSA) is 64.0 Å². The summed E-state index contributed by atoms with van der Waals surface area (Å²) in [6.07, 6.45) is 0. The van der Waals surface area contributed by atoms with Crippen LogP contribution >= 0.6 is 34.8 Å². The maximum Gasteiger partial charge on any atom is 0.276 e. The lowest BCUT2D eigenvalue weighted by Crippen LogP contribution is -2.25. The number of benzene rings is 2. The summed E-state index contributed by atoms with van der Waals surface area (Å²) >= 11 is 17.6. The first kappa shape index (κ1) is 19.0. The third-order valence-electron chi connectivity index (χ3n) is 3.40. The Kier molecular flexibility index (Phi) is 5.16. The molecule has 0 saturated heterocycles. The van der Waals surface area contributed by atoms with Crippen molar-refractivity contribution in [2.45, 2.75) is 8.69 Å². The van der Waals surface area contributed by atoms with Crippen LogP contribution in [0.5, 0.6) is 0 Å². The average molecular weight is 435 g/mol. The van der Waals surface area contributed by atoms with Crippen LogP contribution in [0.25, 0.3) is 11.3 Å². The first-order chi connectivity index (χ1) is 12.2. The minimum Gasteiger partial charge on any atom is -0.207 e. The van der Waals surface area contributed by atoms with Gasteiger partial charge in [0.2, 0.25) is 3.79 Å². The highest BCUT2D eigenvalue weighted by atomic mass is 35.6. The van der Waals surface area contributed by atoms with Gasteiger partial charge in [-0.15, -0.1) is 0 Å². The number of hydrogen-bond donors (Lipinski definition) is 1. The highest BCUT2D eigenvalue weighted by molar-refractivity contribution is 7.92. The predicted octanol–water partition coefficient (Wildman–Crippen LogP) is 4.45. The number of alkyl halides is 3. The van der Waals surface area contributed by atoms with Crippen LogP contribution in [0.4, 0.5) is 4.39 Å². The van der Waals surface area contributed by atoms with Crippen LogP contribution in [0.1, 0.15) is 5.69 Å². The molecule has 0 saturated carbocycles. The van der Waals surface area contributed by atoms with Crippen LogP contribution in [-0.4, -0.2) is 18.3 Å². The molecule has 2 aromatic carbocycles. The zero-order valence-corrected chi connectivity index (χ0v) is 16.0. The minimum absolute atomic E-state index is 0.0117. The molecule has 3 aromatic rings. The maximum atomic E-state index is 13.2. The molecule has 10 heteroatoms. The smallest absolute Gasteiger partial charge is 0.207 e. The summed E-state index contributed by atoms with van der Waals surface area (Å²) in [4.78, 5) is 3.33. The Morgan fingerprint density at radius 1 is 1.00 bits per heavy atom. The first-order valence-electron chi connectivity index (χ1n) is 7.18. The molecular formula is C16H11Cl3FN3O2S. The molecule has 1 aromatic heterocycles. The lowest BCUT2D eigenvalue weighted by Gasteiger charge is -2.11. The van der Waals surface area contributed by atoms with Gasteiger partial charge in [-0.25, -0.2) is 4.39 Å². The third-order valence-corrected chi connectivity index (χ3v) is 5.29. The molecule has 0 bridgehead atoms. The molecule has 0 radical (unpaired) electrons. The summed E-state index contributed by atoms with van der Waals surface area (Å²) in [5.41, 5.74) is 0.776. The largest absolute Gasteiger partial charge is 0.276 e. The van der Waals surface area contributed by atoms with Gasteiger partial charge in [0, 0.05) is 5.56 Å². The maximum absolute atomic E-state index is 13.2. The summed E-state index contributed by atoms with van der Waals surface area (Å²) < 4.78 is 36.5. The molecule has 0 aliphatic heterocycles. The molecule has 5 nitrogen and oxygen atoms in total. The van der Waals surface area contributed by atoms with Gasteiger partial charge in [-0.05, 0) is 42.5 Å². The van der Waals surface area contributed by atoms with Gasteiger partial charge >= 0.3 is 0 Å². The fraction of sp³-hybridized carbons (Fsp3) is 0.0625. The molecule has 1 N–H and O–H groups in total. The fourth-order valence-corrected chi connectivity index (χ4v) is 3.45. The van der Waals surface area contributed by atoms with Crippen molar-refractivity contribution in [3.05, 3.63) is 72.2 Å². The molecule has 26 heavy (non-hydrogen) atoms. The molecule has 0 unspecified atom stereocenters. The van der Waals surface area contributed by atoms with Gasteiger partial charge < -0.3 is 0 Å². The Hall–Kier alpha value is -1.80. The van der Waals surface area contributed by atoms with E-state index >= 15 is 0 Å². The Bertz CT molecular complexity index is 1020. The summed E-state index contributed by atoms with van der Waals surface area (Å²) in [7, 11) is -3.94. The lowest BCUT2D eigenvalue weighted by molar-refractivity contribution is 0.591. The normalized spacial score (nSPS) is 12.2. The zero-order valence-electron chi connectivity index (χ0n) is 12.9. The first-order valence-corrected chi connectivity index (χ1v) is 9.79. The van der Waals surface area contributed by atoms with Crippen molar-refractivity contribution in [1.29, 1.82) is 0 Å². The van der Waals surface area contributed by atoms with E-state index in [0.29, 0.717) is 5.56 Å². The summed E-state index contributed by atoms with van der Waals surface area (Å²) in [5.74, 6) is -0.439. The van der Waals surface area contributed by atoms with Gasteiger partial charge in [-0.1, -0.05) is 53.0 Å². The van der Waals surface area contributed by atoms with Crippen molar-refractivity contribution >= 4 is 44.8 Å². The Morgan fingerprint density at radius 2 is 1.62 bits per heavy atom. The molecule has 136 valence electrons. The molecule has 0 atom stereocenters. The highest BCUT2D eigenvalue weighted by Crippen LogP contribution is 2.38. The van der Waals surface area contributed by atoms with Gasteiger partial charge in [0.1, 0.15) is 11.5 Å². The molecule has 0 fully saturated rings. The lowest BCUT2D eigenvalue weighted by atomic mass is 10.1. The van der Waals surface area contributed by atoms with E-state index in [-0.39, 0.29) is 16.3 Å². The van der Waals surface area contributed by atoms with E-state index < -0.39 is 19.6 Å². The van der Waals surface area contributed by atoms with Gasteiger partial charge in [0.25, 0.3) is 10.0 Å². The third kappa shape index (κ3) is 4.12. The van der Waals surface area contributed by atoms with Crippen LogP contribution in [0.15, 0.2) is 65.6 Å². The van der Waals surface area contributed by atoms with E-state index in [0.717, 1.165) is 4.79 Å². The molecule has 0 aliphatic rings. The Balaban J connectivity index is 2.08. The minimum atomic E-state index is -3.94. The summed E-state index contributed by atoms with van der Waals surface area (Å²) in [6.45, 7) is 0. The van der Waals surface area contributed by atoms with Crippen molar-refractivity contribution in [1.82, 2.24) is 9.89 Å². The van der Waals surface area contributed by atoms with E-state index in [4.69, 9.17) is 34.8 Å². The van der Waals surface area contributed by atoms with Gasteiger partial charge in [-0.3, -0.25) is 0 Å². The van der Waals surface area contributed by atoms with Gasteiger partial charge in [0.15, 0.2) is 0 Å². The van der Waals surface area contributed by atoms with E-state index in [1.54, 1.807) is 18.2 Å². The van der Waals surface area contributed by atoms with E-state index in [1.807, 2.05) is 0 Å². The number of nitrogens with zero attached hydrogens (tertiary/aromatic N) is 2. The average Bonchev–Trinajstić information content (AvgIpc) is 3.00. The predicted molar refractivity (Wildman–Crippen MR) is 99.8 cm³/mol. The number of hydrogen-bond acceptors (Lipinski definition) is 3. The van der Waals surface area contributed by atoms with Crippen molar-refractivity contribution in [2.24, 2.45) is 0 Å². The number of aromatic nitrogens is 2. The molecule has 0 spiro atoms. The van der Waals surface area contributed by atoms with E-state index in [9.17, 15) is 12.8 Å². The van der Waals surface area contributed by atoms with Crippen molar-refractivity contribution in [3.63, 3.8) is 0 Å². The second kappa shape index (κ2) is 7.08. The Morgan fingerprint density at radius 3 is 2.19 bits per heavy atom. The molecule has 0 amide bonds. The standard InChI is InChI=1S/C16H11Cl3FN3O2S/c17-16(18,19)15-10-14(11-6-8-12(20)9-7-11)23(21-15)22-26(24,25)13-4-2-1-3-5-13/h1-10,22H. The molecule has 3 rings (SSSR count). The monoisotopic (exact) mass is 433 g/mol. The summed E-state index contributed by atoms with van der Waals surface area (Å²) in [5, 5.41) is 4.03. The van der Waals surface area contributed by atoms with Crippen LogP contribution < -0.4 is 4.83 Å². The van der Waals surface area contributed by atoms with Crippen LogP contribution in [0, 0.1) is 5.82 Å². The van der Waals surface area contributed by atoms with Crippen molar-refractivity contribution in [3.8, 4) is 11.3 Å². The van der Waals surface area contributed by atoms with Crippen LogP contribution in [0.2, 0.25) is 0 Å². The number of rotatable bonds is 4. The molecule has 0 aliphatic carbocycles. The fourth-order valence-electron chi connectivity index (χ4n) is 2.18. The number of sulfonamides is 1. The SMILES string of the molecule is O=S(=O)(Nn1nc(C(Cl)(Cl)Cl)cc1-c1ccc(F)cc1)c1ccccc1. The van der Waals surface area contributed by atoms with Crippen LogP contribution in [-0.2, 0) is 13.8 Å². The van der Waals surface area contributed by atoms with Crippen molar-refractivity contribution < 1.29 is 12.8 Å². The van der Waals surface area contributed by atoms with Gasteiger partial charge in [-0.2, -0.15) is 23.1 Å². The van der Waals surface area contributed by atoms with Gasteiger partial charge in [0.05, 0.1) is 10.6 Å².